The quantitative estimate of drug-likeness (QED) is 0.781. The zero-order valence-electron chi connectivity index (χ0n) is 8.63. The number of carbonyl (C=O) groups is 1. The van der Waals surface area contributed by atoms with Crippen LogP contribution >= 0.6 is 0 Å². The predicted molar refractivity (Wildman–Crippen MR) is 53.5 cm³/mol. The fourth-order valence-corrected chi connectivity index (χ4v) is 1.15. The summed E-state index contributed by atoms with van der Waals surface area (Å²) in [6.07, 6.45) is 0. The number of hydrogen-bond donors (Lipinski definition) is 1. The summed E-state index contributed by atoms with van der Waals surface area (Å²) in [7, 11) is 0. The lowest BCUT2D eigenvalue weighted by atomic mass is 9.94. The average Bonchev–Trinajstić information content (AvgIpc) is 2.19. The lowest BCUT2D eigenvalue weighted by Crippen LogP contribution is -2.30. The van der Waals surface area contributed by atoms with Crippen LogP contribution in [0.25, 0.3) is 0 Å². The van der Waals surface area contributed by atoms with E-state index in [9.17, 15) is 13.6 Å². The first kappa shape index (κ1) is 11.8. The molecule has 15 heavy (non-hydrogen) atoms. The third kappa shape index (κ3) is 2.59. The van der Waals surface area contributed by atoms with Crippen LogP contribution in [-0.4, -0.2) is 11.8 Å². The van der Waals surface area contributed by atoms with Crippen LogP contribution in [0, 0.1) is 17.6 Å². The monoisotopic (exact) mass is 213 g/mol. The van der Waals surface area contributed by atoms with Gasteiger partial charge in [-0.15, -0.1) is 0 Å². The molecular weight excluding hydrogens is 200 g/mol. The number of halogens is 2. The maximum Gasteiger partial charge on any atom is 0.167 e. The van der Waals surface area contributed by atoms with E-state index in [1.54, 1.807) is 13.8 Å². The fourth-order valence-electron chi connectivity index (χ4n) is 1.15. The molecule has 0 saturated heterocycles. The normalized spacial score (nSPS) is 14.7. The number of carbonyl (C=O) groups excluding carboxylic acids is 1. The van der Waals surface area contributed by atoms with Gasteiger partial charge in [0.05, 0.1) is 0 Å². The Morgan fingerprint density at radius 3 is 2.33 bits per heavy atom. The molecule has 0 aliphatic heterocycles. The van der Waals surface area contributed by atoms with Crippen molar-refractivity contribution in [2.45, 2.75) is 19.9 Å². The summed E-state index contributed by atoms with van der Waals surface area (Å²) in [6.45, 7) is 3.36. The standard InChI is InChI=1S/C11H13F2NO/c1-6(7(2)14)11(15)8-3-4-9(12)10(13)5-8/h3-7H,14H2,1-2H3. The molecule has 0 aliphatic carbocycles. The Kier molecular flexibility index (Phi) is 3.52. The number of Topliss-reactive ketones (excluding diaryl/α,β-unsaturated/α-hetero) is 1. The van der Waals surface area contributed by atoms with Gasteiger partial charge in [-0.1, -0.05) is 6.92 Å². The van der Waals surface area contributed by atoms with Crippen molar-refractivity contribution in [2.75, 3.05) is 0 Å². The van der Waals surface area contributed by atoms with Gasteiger partial charge in [-0.25, -0.2) is 8.78 Å². The van der Waals surface area contributed by atoms with Crippen LogP contribution in [-0.2, 0) is 0 Å². The first-order chi connectivity index (χ1) is 6.93. The SMILES string of the molecule is CC(N)C(C)C(=O)c1ccc(F)c(F)c1. The first-order valence-electron chi connectivity index (χ1n) is 4.68. The summed E-state index contributed by atoms with van der Waals surface area (Å²) < 4.78 is 25.5. The van der Waals surface area contributed by atoms with Crippen molar-refractivity contribution in [1.82, 2.24) is 0 Å². The second-order valence-electron chi connectivity index (χ2n) is 3.64. The highest BCUT2D eigenvalue weighted by molar-refractivity contribution is 5.98. The molecule has 0 saturated carbocycles. The summed E-state index contributed by atoms with van der Waals surface area (Å²) in [5, 5.41) is 0. The lowest BCUT2D eigenvalue weighted by molar-refractivity contribution is 0.0916. The summed E-state index contributed by atoms with van der Waals surface area (Å²) in [4.78, 5) is 11.7. The molecule has 0 amide bonds. The molecule has 1 rings (SSSR count). The molecule has 1 aromatic rings. The van der Waals surface area contributed by atoms with Crippen molar-refractivity contribution in [1.29, 1.82) is 0 Å². The first-order valence-corrected chi connectivity index (χ1v) is 4.68. The van der Waals surface area contributed by atoms with Crippen LogP contribution < -0.4 is 5.73 Å². The Morgan fingerprint density at radius 2 is 1.87 bits per heavy atom. The summed E-state index contributed by atoms with van der Waals surface area (Å²) in [5.41, 5.74) is 5.71. The summed E-state index contributed by atoms with van der Waals surface area (Å²) in [6, 6.07) is 2.79. The topological polar surface area (TPSA) is 43.1 Å². The third-order valence-electron chi connectivity index (χ3n) is 2.41. The molecule has 0 aliphatic rings. The maximum absolute atomic E-state index is 12.8. The minimum Gasteiger partial charge on any atom is -0.327 e. The highest BCUT2D eigenvalue weighted by Gasteiger charge is 2.19. The average molecular weight is 213 g/mol. The molecule has 2 unspecified atom stereocenters. The number of hydrogen-bond acceptors (Lipinski definition) is 2. The minimum atomic E-state index is -1.02. The van der Waals surface area contributed by atoms with Gasteiger partial charge in [0.25, 0.3) is 0 Å². The maximum atomic E-state index is 12.8. The molecule has 0 fully saturated rings. The molecule has 0 radical (unpaired) electrons. The van der Waals surface area contributed by atoms with Crippen LogP contribution in [0.1, 0.15) is 24.2 Å². The van der Waals surface area contributed by atoms with Crippen molar-refractivity contribution in [3.8, 4) is 0 Å². The van der Waals surface area contributed by atoms with Crippen molar-refractivity contribution in [3.63, 3.8) is 0 Å². The van der Waals surface area contributed by atoms with Crippen molar-refractivity contribution < 1.29 is 13.6 Å². The van der Waals surface area contributed by atoms with Crippen LogP contribution in [0.3, 0.4) is 0 Å². The molecular formula is C11H13F2NO. The van der Waals surface area contributed by atoms with Crippen molar-refractivity contribution in [2.24, 2.45) is 11.7 Å². The van der Waals surface area contributed by atoms with Gasteiger partial charge in [0.15, 0.2) is 17.4 Å². The molecule has 4 heteroatoms. The Hall–Kier alpha value is -1.29. The molecule has 2 nitrogen and oxygen atoms in total. The molecule has 0 bridgehead atoms. The highest BCUT2D eigenvalue weighted by Crippen LogP contribution is 2.14. The van der Waals surface area contributed by atoms with Crippen molar-refractivity contribution in [3.05, 3.63) is 35.4 Å². The molecule has 2 atom stereocenters. The molecule has 0 heterocycles. The van der Waals surface area contributed by atoms with E-state index < -0.39 is 17.6 Å². The van der Waals surface area contributed by atoms with E-state index in [1.807, 2.05) is 0 Å². The molecule has 2 N–H and O–H groups in total. The van der Waals surface area contributed by atoms with E-state index in [2.05, 4.69) is 0 Å². The summed E-state index contributed by atoms with van der Waals surface area (Å²) in [5.74, 6) is -2.66. The van der Waals surface area contributed by atoms with Crippen LogP contribution in [0.5, 0.6) is 0 Å². The third-order valence-corrected chi connectivity index (χ3v) is 2.41. The fraction of sp³-hybridized carbons (Fsp3) is 0.364. The number of ketones is 1. The van der Waals surface area contributed by atoms with Gasteiger partial charge < -0.3 is 5.73 Å². The Balaban J connectivity index is 2.97. The zero-order valence-corrected chi connectivity index (χ0v) is 8.63. The minimum absolute atomic E-state index is 0.152. The lowest BCUT2D eigenvalue weighted by Gasteiger charge is -2.14. The largest absolute Gasteiger partial charge is 0.327 e. The van der Waals surface area contributed by atoms with E-state index in [1.165, 1.54) is 6.07 Å². The molecule has 82 valence electrons. The highest BCUT2D eigenvalue weighted by atomic mass is 19.2. The van der Waals surface area contributed by atoms with Gasteiger partial charge in [0, 0.05) is 17.5 Å². The Bertz CT molecular complexity index is 377. The van der Waals surface area contributed by atoms with Gasteiger partial charge in [-0.3, -0.25) is 4.79 Å². The second kappa shape index (κ2) is 4.49. The van der Waals surface area contributed by atoms with Crippen LogP contribution in [0.2, 0.25) is 0 Å². The Morgan fingerprint density at radius 1 is 1.27 bits per heavy atom. The number of rotatable bonds is 3. The van der Waals surface area contributed by atoms with E-state index >= 15 is 0 Å². The molecule has 0 aromatic heterocycles. The van der Waals surface area contributed by atoms with Gasteiger partial charge in [0.2, 0.25) is 0 Å². The van der Waals surface area contributed by atoms with Crippen molar-refractivity contribution >= 4 is 5.78 Å². The van der Waals surface area contributed by atoms with Crippen LogP contribution in [0.15, 0.2) is 18.2 Å². The van der Waals surface area contributed by atoms with E-state index in [0.29, 0.717) is 0 Å². The zero-order chi connectivity index (χ0) is 11.6. The number of nitrogens with two attached hydrogens (primary N) is 1. The van der Waals surface area contributed by atoms with E-state index in [4.69, 9.17) is 5.73 Å². The van der Waals surface area contributed by atoms with Gasteiger partial charge in [-0.05, 0) is 25.1 Å². The predicted octanol–water partition coefficient (Wildman–Crippen LogP) is 2.13. The van der Waals surface area contributed by atoms with Gasteiger partial charge in [0.1, 0.15) is 0 Å². The summed E-state index contributed by atoms with van der Waals surface area (Å²) >= 11 is 0. The molecule has 1 aromatic carbocycles. The van der Waals surface area contributed by atoms with Crippen LogP contribution in [0.4, 0.5) is 8.78 Å². The van der Waals surface area contributed by atoms with E-state index in [-0.39, 0.29) is 17.4 Å². The van der Waals surface area contributed by atoms with Gasteiger partial charge in [-0.2, -0.15) is 0 Å². The number of benzene rings is 1. The van der Waals surface area contributed by atoms with E-state index in [0.717, 1.165) is 12.1 Å². The Labute approximate surface area is 87.1 Å². The van der Waals surface area contributed by atoms with Gasteiger partial charge >= 0.3 is 0 Å². The molecule has 0 spiro atoms. The second-order valence-corrected chi connectivity index (χ2v) is 3.64. The smallest absolute Gasteiger partial charge is 0.167 e.